The van der Waals surface area contributed by atoms with Gasteiger partial charge in [0.15, 0.2) is 0 Å². The number of benzene rings is 1. The molecule has 0 spiro atoms. The van der Waals surface area contributed by atoms with E-state index in [1.807, 2.05) is 25.1 Å². The van der Waals surface area contributed by atoms with Crippen LogP contribution in [0.2, 0.25) is 0 Å². The third-order valence-electron chi connectivity index (χ3n) is 6.28. The zero-order valence-corrected chi connectivity index (χ0v) is 21.9. The summed E-state index contributed by atoms with van der Waals surface area (Å²) in [5, 5.41) is 15.5. The van der Waals surface area contributed by atoms with Gasteiger partial charge in [-0.25, -0.2) is 20.2 Å². The molecule has 0 saturated heterocycles. The molecule has 4 aromatic rings. The lowest BCUT2D eigenvalue weighted by Crippen LogP contribution is -2.28. The highest BCUT2D eigenvalue weighted by Gasteiger charge is 2.19. The van der Waals surface area contributed by atoms with Gasteiger partial charge in [-0.1, -0.05) is 24.8 Å². The Balaban J connectivity index is 1.54. The highest BCUT2D eigenvalue weighted by Crippen LogP contribution is 2.27. The van der Waals surface area contributed by atoms with Crippen molar-refractivity contribution < 1.29 is 9.18 Å². The molecule has 0 saturated carbocycles. The molecule has 2 atom stereocenters. The van der Waals surface area contributed by atoms with Crippen LogP contribution in [0, 0.1) is 17.1 Å². The van der Waals surface area contributed by atoms with E-state index in [-0.39, 0.29) is 23.0 Å². The number of nitrogens with zero attached hydrogens (tertiary/aromatic N) is 4. The number of rotatable bonds is 9. The second-order valence-electron chi connectivity index (χ2n) is 9.11. The molecule has 1 amide bonds. The summed E-state index contributed by atoms with van der Waals surface area (Å²) < 4.78 is 13.3. The number of aromatic nitrogens is 3. The number of amides is 1. The number of hydrogen-bond donors (Lipinski definition) is 5. The molecule has 202 valence electrons. The summed E-state index contributed by atoms with van der Waals surface area (Å²) in [6.07, 6.45) is 4.73. The molecule has 40 heavy (non-hydrogen) atoms. The summed E-state index contributed by atoms with van der Waals surface area (Å²) in [5.41, 5.74) is 12.7. The summed E-state index contributed by atoms with van der Waals surface area (Å²) in [5.74, 6) is 5.43. The van der Waals surface area contributed by atoms with E-state index >= 15 is 0 Å². The van der Waals surface area contributed by atoms with Crippen LogP contribution in [0.5, 0.6) is 0 Å². The highest BCUT2D eigenvalue weighted by molar-refractivity contribution is 5.99. The molecule has 10 nitrogen and oxygen atoms in total. The molecule has 0 aliphatic carbocycles. The van der Waals surface area contributed by atoms with Crippen molar-refractivity contribution in [1.29, 1.82) is 5.26 Å². The van der Waals surface area contributed by atoms with Crippen LogP contribution < -0.4 is 27.6 Å². The third-order valence-corrected chi connectivity index (χ3v) is 6.28. The molecule has 0 aliphatic heterocycles. The fourth-order valence-electron chi connectivity index (χ4n) is 4.01. The van der Waals surface area contributed by atoms with E-state index in [0.717, 1.165) is 16.7 Å². The van der Waals surface area contributed by atoms with Crippen molar-refractivity contribution in [2.75, 3.05) is 10.7 Å². The first kappa shape index (κ1) is 27.7. The van der Waals surface area contributed by atoms with Crippen molar-refractivity contribution in [3.63, 3.8) is 0 Å². The second kappa shape index (κ2) is 12.0. The number of anilines is 2. The second-order valence-corrected chi connectivity index (χ2v) is 9.11. The van der Waals surface area contributed by atoms with Crippen LogP contribution in [0.15, 0.2) is 73.7 Å². The molecule has 1 aromatic carbocycles. The van der Waals surface area contributed by atoms with Gasteiger partial charge in [-0.05, 0) is 55.3 Å². The van der Waals surface area contributed by atoms with Crippen molar-refractivity contribution >= 4 is 23.2 Å². The Kier molecular flexibility index (Phi) is 8.32. The van der Waals surface area contributed by atoms with Gasteiger partial charge in [-0.3, -0.25) is 9.78 Å². The molecule has 0 fully saturated rings. The monoisotopic (exact) mass is 537 g/mol. The van der Waals surface area contributed by atoms with Gasteiger partial charge in [0.25, 0.3) is 5.91 Å². The van der Waals surface area contributed by atoms with E-state index in [0.29, 0.717) is 28.6 Å². The first-order valence-corrected chi connectivity index (χ1v) is 12.3. The van der Waals surface area contributed by atoms with E-state index in [9.17, 15) is 14.4 Å². The van der Waals surface area contributed by atoms with E-state index in [1.165, 1.54) is 24.4 Å². The van der Waals surface area contributed by atoms with E-state index in [2.05, 4.69) is 37.6 Å². The van der Waals surface area contributed by atoms with Crippen LogP contribution in [0.3, 0.4) is 0 Å². The van der Waals surface area contributed by atoms with Crippen molar-refractivity contribution in [3.8, 4) is 17.3 Å². The number of halogens is 1. The van der Waals surface area contributed by atoms with Gasteiger partial charge in [0.2, 0.25) is 0 Å². The minimum absolute atomic E-state index is 0.207. The maximum atomic E-state index is 13.3. The smallest absolute Gasteiger partial charge is 0.255 e. The Morgan fingerprint density at radius 1 is 0.950 bits per heavy atom. The quantitative estimate of drug-likeness (QED) is 0.153. The summed E-state index contributed by atoms with van der Waals surface area (Å²) in [6, 6.07) is 14.2. The number of hydrazine groups is 1. The van der Waals surface area contributed by atoms with Crippen LogP contribution >= 0.6 is 0 Å². The molecular formula is C29H28FN9O. The molecule has 3 aromatic heterocycles. The van der Waals surface area contributed by atoms with Crippen molar-refractivity contribution in [2.45, 2.75) is 25.9 Å². The van der Waals surface area contributed by atoms with Gasteiger partial charge in [-0.2, -0.15) is 5.26 Å². The Morgan fingerprint density at radius 3 is 2.27 bits per heavy atom. The lowest BCUT2D eigenvalue weighted by atomic mass is 10.1. The van der Waals surface area contributed by atoms with Gasteiger partial charge in [0.1, 0.15) is 23.5 Å². The summed E-state index contributed by atoms with van der Waals surface area (Å²) in [6.45, 7) is 7.45. The van der Waals surface area contributed by atoms with Crippen molar-refractivity contribution in [2.24, 2.45) is 11.6 Å². The van der Waals surface area contributed by atoms with E-state index in [1.54, 1.807) is 37.5 Å². The predicted octanol–water partition coefficient (Wildman–Crippen LogP) is 4.43. The molecule has 11 heteroatoms. The Morgan fingerprint density at radius 2 is 1.65 bits per heavy atom. The van der Waals surface area contributed by atoms with Crippen LogP contribution in [-0.2, 0) is 0 Å². The van der Waals surface area contributed by atoms with Crippen LogP contribution in [-0.4, -0.2) is 20.9 Å². The largest absolute Gasteiger partial charge is 0.399 e. The van der Waals surface area contributed by atoms with Crippen LogP contribution in [0.1, 0.15) is 58.5 Å². The number of nitriles is 1. The lowest BCUT2D eigenvalue weighted by molar-refractivity contribution is 0.0940. The maximum Gasteiger partial charge on any atom is 0.255 e. The number of pyridine rings is 3. The van der Waals surface area contributed by atoms with Gasteiger partial charge in [-0.15, -0.1) is 0 Å². The Bertz CT molecular complexity index is 1580. The topological polar surface area (TPSA) is 168 Å². The number of carbonyl (C=O) groups is 1. The van der Waals surface area contributed by atoms with Crippen molar-refractivity contribution in [3.05, 3.63) is 107 Å². The molecular weight excluding hydrogens is 509 g/mol. The zero-order chi connectivity index (χ0) is 28.8. The fraction of sp³-hybridized carbons (Fsp3) is 0.138. The molecule has 4 rings (SSSR count). The molecule has 3 heterocycles. The average Bonchev–Trinajstić information content (AvgIpc) is 2.97. The summed E-state index contributed by atoms with van der Waals surface area (Å²) in [4.78, 5) is 26.4. The first-order valence-electron chi connectivity index (χ1n) is 12.3. The number of hydrogen-bond acceptors (Lipinski definition) is 9. The van der Waals surface area contributed by atoms with Gasteiger partial charge in [0.05, 0.1) is 28.9 Å². The fourth-order valence-corrected chi connectivity index (χ4v) is 4.01. The standard InChI is InChI=1S/C29H28FN9O/c1-16(32)24-11-22(15-36-28(24)39-33)26-9-6-21(14-34-26)18(3)37-27-25(10-19(12-31)13-35-27)29(40)38-17(2)20-4-7-23(30)8-5-20/h4-11,13-15,17-18H,1,32-33H2,2-3H3,(H,35,37)(H,36,39)(H,38,40). The predicted molar refractivity (Wildman–Crippen MR) is 152 cm³/mol. The normalized spacial score (nSPS) is 12.1. The number of nitrogen functional groups attached to an aromatic ring is 1. The zero-order valence-electron chi connectivity index (χ0n) is 21.9. The van der Waals surface area contributed by atoms with Crippen LogP contribution in [0.4, 0.5) is 16.0 Å². The number of nitrogens with two attached hydrogens (primary N) is 2. The molecule has 0 radical (unpaired) electrons. The van der Waals surface area contributed by atoms with E-state index < -0.39 is 11.9 Å². The van der Waals surface area contributed by atoms with Gasteiger partial charge < -0.3 is 21.8 Å². The minimum atomic E-state index is -0.426. The Hall–Kier alpha value is -5.34. The lowest BCUT2D eigenvalue weighted by Gasteiger charge is -2.19. The number of nitrogens with one attached hydrogen (secondary N) is 3. The highest BCUT2D eigenvalue weighted by atomic mass is 19.1. The SMILES string of the molecule is C=C(N)c1cc(-c2ccc(C(C)Nc3ncc(C#N)cc3C(=O)NC(C)c3ccc(F)cc3)cn2)cnc1NN. The molecule has 2 unspecified atom stereocenters. The number of carbonyl (C=O) groups excluding carboxylic acids is 1. The molecule has 0 bridgehead atoms. The average molecular weight is 538 g/mol. The third kappa shape index (κ3) is 6.20. The Labute approximate surface area is 231 Å². The molecule has 7 N–H and O–H groups in total. The molecule has 0 aliphatic rings. The first-order chi connectivity index (χ1) is 19.2. The maximum absolute atomic E-state index is 13.3. The summed E-state index contributed by atoms with van der Waals surface area (Å²) in [7, 11) is 0. The van der Waals surface area contributed by atoms with Gasteiger partial charge in [0, 0.05) is 35.4 Å². The van der Waals surface area contributed by atoms with E-state index in [4.69, 9.17) is 11.6 Å². The van der Waals surface area contributed by atoms with Crippen LogP contribution in [0.25, 0.3) is 17.0 Å². The minimum Gasteiger partial charge on any atom is -0.399 e. The summed E-state index contributed by atoms with van der Waals surface area (Å²) >= 11 is 0. The van der Waals surface area contributed by atoms with Gasteiger partial charge >= 0.3 is 0 Å². The van der Waals surface area contributed by atoms with Crippen molar-refractivity contribution in [1.82, 2.24) is 20.3 Å².